The molecule has 0 saturated heterocycles. The molecule has 0 atom stereocenters. The zero-order valence-corrected chi connectivity index (χ0v) is 14.2. The van der Waals surface area contributed by atoms with E-state index in [0.29, 0.717) is 0 Å². The Morgan fingerprint density at radius 1 is 0.773 bits per heavy atom. The van der Waals surface area contributed by atoms with E-state index in [1.54, 1.807) is 0 Å². The summed E-state index contributed by atoms with van der Waals surface area (Å²) in [7, 11) is 5.09. The van der Waals surface area contributed by atoms with E-state index >= 15 is 0 Å². The summed E-state index contributed by atoms with van der Waals surface area (Å²) in [4.78, 5) is 2.24. The molecular weight excluding hydrogens is 282 g/mol. The average Bonchev–Trinajstić information content (AvgIpc) is 2.53. The van der Waals surface area contributed by atoms with E-state index < -0.39 is 0 Å². The van der Waals surface area contributed by atoms with Crippen molar-refractivity contribution in [3.05, 3.63) is 77.9 Å². The molecule has 0 amide bonds. The fourth-order valence-electron chi connectivity index (χ4n) is 2.87. The largest absolute Gasteiger partial charge is 0.305 e. The first kappa shape index (κ1) is 15.0. The maximum absolute atomic E-state index is 2.29. The highest BCUT2D eigenvalue weighted by Crippen LogP contribution is 2.24. The van der Waals surface area contributed by atoms with E-state index in [1.165, 1.54) is 27.1 Å². The van der Waals surface area contributed by atoms with E-state index in [4.69, 9.17) is 0 Å². The Morgan fingerprint density at radius 3 is 2.14 bits per heavy atom. The van der Waals surface area contributed by atoms with Crippen molar-refractivity contribution < 1.29 is 0 Å². The van der Waals surface area contributed by atoms with Crippen LogP contribution in [-0.4, -0.2) is 28.5 Å². The van der Waals surface area contributed by atoms with Crippen LogP contribution in [0.4, 0.5) is 0 Å². The molecule has 3 aromatic carbocycles. The van der Waals surface area contributed by atoms with Gasteiger partial charge in [0.25, 0.3) is 0 Å². The van der Waals surface area contributed by atoms with Crippen LogP contribution in [0, 0.1) is 0 Å². The summed E-state index contributed by atoms with van der Waals surface area (Å²) in [6.45, 7) is 0.989. The molecule has 110 valence electrons. The molecule has 0 aliphatic heterocycles. The third kappa shape index (κ3) is 3.46. The molecular formula is C20H21NSi. The number of hydrogen-bond acceptors (Lipinski definition) is 1. The highest BCUT2D eigenvalue weighted by molar-refractivity contribution is 6.53. The zero-order chi connectivity index (χ0) is 15.4. The third-order valence-corrected chi connectivity index (χ3v) is 5.12. The van der Waals surface area contributed by atoms with Gasteiger partial charge in [-0.2, -0.15) is 0 Å². The zero-order valence-electron chi connectivity index (χ0n) is 13.2. The predicted molar refractivity (Wildman–Crippen MR) is 96.9 cm³/mol. The standard InChI is InChI=1S/C20H21NSi/c1-21(2)14-17-10-6-8-16-9-7-11-18(20(16)17)15-22-19-12-4-3-5-13-19/h3-13H,14-15H2,1-2H3. The van der Waals surface area contributed by atoms with Crippen LogP contribution in [0.3, 0.4) is 0 Å². The van der Waals surface area contributed by atoms with Crippen LogP contribution in [-0.2, 0) is 12.6 Å². The molecule has 0 fully saturated rings. The van der Waals surface area contributed by atoms with Crippen molar-refractivity contribution in [1.29, 1.82) is 0 Å². The maximum atomic E-state index is 2.29. The molecule has 0 saturated carbocycles. The summed E-state index contributed by atoms with van der Waals surface area (Å²) in [5.41, 5.74) is 2.90. The van der Waals surface area contributed by atoms with Gasteiger partial charge in [0.05, 0.1) is 9.52 Å². The van der Waals surface area contributed by atoms with Crippen molar-refractivity contribution >= 4 is 25.5 Å². The van der Waals surface area contributed by atoms with E-state index in [0.717, 1.165) is 22.1 Å². The molecule has 3 rings (SSSR count). The second kappa shape index (κ2) is 6.90. The van der Waals surface area contributed by atoms with Gasteiger partial charge in [-0.25, -0.2) is 0 Å². The number of rotatable bonds is 5. The van der Waals surface area contributed by atoms with Crippen molar-refractivity contribution in [1.82, 2.24) is 4.90 Å². The van der Waals surface area contributed by atoms with Gasteiger partial charge in [0.1, 0.15) is 0 Å². The Balaban J connectivity index is 1.94. The lowest BCUT2D eigenvalue weighted by molar-refractivity contribution is 0.404. The first-order chi connectivity index (χ1) is 10.7. The predicted octanol–water partition coefficient (Wildman–Crippen LogP) is 3.43. The van der Waals surface area contributed by atoms with E-state index in [9.17, 15) is 0 Å². The van der Waals surface area contributed by atoms with Gasteiger partial charge < -0.3 is 4.90 Å². The minimum atomic E-state index is 0.824. The van der Waals surface area contributed by atoms with E-state index in [-0.39, 0.29) is 0 Å². The van der Waals surface area contributed by atoms with Crippen LogP contribution < -0.4 is 5.19 Å². The van der Waals surface area contributed by atoms with Crippen molar-refractivity contribution in [2.24, 2.45) is 0 Å². The molecule has 2 heteroatoms. The summed E-state index contributed by atoms with van der Waals surface area (Å²) in [5.74, 6) is 0. The summed E-state index contributed by atoms with van der Waals surface area (Å²) in [6, 6.07) is 25.3. The highest BCUT2D eigenvalue weighted by Gasteiger charge is 2.07. The lowest BCUT2D eigenvalue weighted by Crippen LogP contribution is -2.16. The van der Waals surface area contributed by atoms with E-state index in [1.807, 2.05) is 0 Å². The summed E-state index contributed by atoms with van der Waals surface area (Å²) < 4.78 is 0. The van der Waals surface area contributed by atoms with Crippen LogP contribution in [0.25, 0.3) is 10.8 Å². The fraction of sp³-hybridized carbons (Fsp3) is 0.200. The third-order valence-electron chi connectivity index (χ3n) is 3.82. The summed E-state index contributed by atoms with van der Waals surface area (Å²) in [5, 5.41) is 4.24. The highest BCUT2D eigenvalue weighted by atomic mass is 28.2. The van der Waals surface area contributed by atoms with Crippen LogP contribution in [0.2, 0.25) is 0 Å². The Kier molecular flexibility index (Phi) is 4.71. The van der Waals surface area contributed by atoms with Gasteiger partial charge >= 0.3 is 0 Å². The van der Waals surface area contributed by atoms with Crippen molar-refractivity contribution in [3.63, 3.8) is 0 Å². The van der Waals surface area contributed by atoms with E-state index in [2.05, 4.69) is 85.7 Å². The number of hydrogen-bond donors (Lipinski definition) is 0. The Labute approximate surface area is 135 Å². The molecule has 1 nitrogen and oxygen atoms in total. The smallest absolute Gasteiger partial charge is 0.0856 e. The SMILES string of the molecule is CN(C)Cc1cccc2cccc(C[Si]c3ccccc3)c12. The number of nitrogens with zero attached hydrogens (tertiary/aromatic N) is 1. The normalized spacial score (nSPS) is 11.2. The summed E-state index contributed by atoms with van der Waals surface area (Å²) in [6.07, 6.45) is 0. The topological polar surface area (TPSA) is 3.24 Å². The molecule has 0 bridgehead atoms. The summed E-state index contributed by atoms with van der Waals surface area (Å²) >= 11 is 0. The second-order valence-corrected chi connectivity index (χ2v) is 7.17. The van der Waals surface area contributed by atoms with Gasteiger partial charge in [-0.15, -0.1) is 0 Å². The molecule has 0 aliphatic carbocycles. The number of fused-ring (bicyclic) bond motifs is 1. The minimum Gasteiger partial charge on any atom is -0.305 e. The first-order valence-corrected chi connectivity index (χ1v) is 8.88. The lowest BCUT2D eigenvalue weighted by atomic mass is 10.00. The Morgan fingerprint density at radius 2 is 1.45 bits per heavy atom. The molecule has 3 aromatic rings. The molecule has 2 radical (unpaired) electrons. The van der Waals surface area contributed by atoms with Crippen molar-refractivity contribution in [2.75, 3.05) is 14.1 Å². The Bertz CT molecular complexity index is 745. The van der Waals surface area contributed by atoms with Crippen LogP contribution in [0.5, 0.6) is 0 Å². The van der Waals surface area contributed by atoms with Crippen molar-refractivity contribution in [3.8, 4) is 0 Å². The second-order valence-electron chi connectivity index (χ2n) is 5.89. The van der Waals surface area contributed by atoms with Gasteiger partial charge in [-0.05, 0) is 42.0 Å². The van der Waals surface area contributed by atoms with Crippen LogP contribution in [0.15, 0.2) is 66.7 Å². The molecule has 0 spiro atoms. The molecule has 0 N–H and O–H groups in total. The van der Waals surface area contributed by atoms with Crippen molar-refractivity contribution in [2.45, 2.75) is 12.6 Å². The maximum Gasteiger partial charge on any atom is 0.0856 e. The van der Waals surface area contributed by atoms with Gasteiger partial charge in [-0.3, -0.25) is 0 Å². The quantitative estimate of drug-likeness (QED) is 0.653. The minimum absolute atomic E-state index is 0.824. The van der Waals surface area contributed by atoms with Gasteiger partial charge in [-0.1, -0.05) is 71.9 Å². The molecule has 0 unspecified atom stereocenters. The van der Waals surface area contributed by atoms with Gasteiger partial charge in [0.15, 0.2) is 0 Å². The monoisotopic (exact) mass is 303 g/mol. The van der Waals surface area contributed by atoms with Crippen LogP contribution in [0.1, 0.15) is 11.1 Å². The van der Waals surface area contributed by atoms with Gasteiger partial charge in [0, 0.05) is 6.54 Å². The molecule has 0 heterocycles. The van der Waals surface area contributed by atoms with Crippen LogP contribution >= 0.6 is 0 Å². The number of benzene rings is 3. The first-order valence-electron chi connectivity index (χ1n) is 7.67. The fourth-order valence-corrected chi connectivity index (χ4v) is 3.99. The lowest BCUT2D eigenvalue weighted by Gasteiger charge is -2.15. The Hall–Kier alpha value is -1.90. The molecule has 0 aromatic heterocycles. The molecule has 0 aliphatic rings. The molecule has 22 heavy (non-hydrogen) atoms. The average molecular weight is 303 g/mol. The van der Waals surface area contributed by atoms with Gasteiger partial charge in [0.2, 0.25) is 0 Å².